The Morgan fingerprint density at radius 2 is 1.75 bits per heavy atom. The van der Waals surface area contributed by atoms with E-state index in [1.807, 2.05) is 0 Å². The van der Waals surface area contributed by atoms with E-state index in [9.17, 15) is 5.11 Å². The van der Waals surface area contributed by atoms with E-state index in [1.54, 1.807) is 0 Å². The maximum absolute atomic E-state index is 10.7. The molecule has 0 aromatic carbocycles. The van der Waals surface area contributed by atoms with Crippen LogP contribution in [0.4, 0.5) is 0 Å². The third-order valence-electron chi connectivity index (χ3n) is 6.72. The quantitative estimate of drug-likeness (QED) is 0.664. The molecule has 1 N–H and O–H groups in total. The highest BCUT2D eigenvalue weighted by atomic mass is 16.3. The van der Waals surface area contributed by atoms with Crippen LogP contribution in [-0.4, -0.2) is 11.2 Å². The number of fused-ring (bicyclic) bond motifs is 1. The Hall–Kier alpha value is -0.0400. The van der Waals surface area contributed by atoms with E-state index in [0.29, 0.717) is 5.41 Å². The molecule has 0 heterocycles. The molecule has 0 aromatic heterocycles. The molecule has 3 saturated carbocycles. The molecular weight excluding hydrogens is 196 g/mol. The van der Waals surface area contributed by atoms with E-state index in [4.69, 9.17) is 0 Å². The molecule has 16 heavy (non-hydrogen) atoms. The molecule has 0 amide bonds. The summed E-state index contributed by atoms with van der Waals surface area (Å²) in [5.41, 5.74) is 0.921. The minimum Gasteiger partial charge on any atom is -0.392 e. The van der Waals surface area contributed by atoms with Crippen molar-refractivity contribution in [2.24, 2.45) is 28.1 Å². The SMILES string of the molecule is C[C@@H]1CCC2C(C)(C)[C@H](O)[C@]3(C)CC[C@@]21C3. The van der Waals surface area contributed by atoms with Gasteiger partial charge >= 0.3 is 0 Å². The molecule has 3 aliphatic rings. The van der Waals surface area contributed by atoms with Gasteiger partial charge in [0, 0.05) is 0 Å². The van der Waals surface area contributed by atoms with Crippen LogP contribution < -0.4 is 0 Å². The van der Waals surface area contributed by atoms with Crippen LogP contribution in [0.5, 0.6) is 0 Å². The van der Waals surface area contributed by atoms with Crippen LogP contribution in [-0.2, 0) is 0 Å². The number of aliphatic hydroxyl groups excluding tert-OH is 1. The van der Waals surface area contributed by atoms with Crippen LogP contribution in [0.15, 0.2) is 0 Å². The van der Waals surface area contributed by atoms with E-state index in [-0.39, 0.29) is 16.9 Å². The van der Waals surface area contributed by atoms with Crippen molar-refractivity contribution in [1.29, 1.82) is 0 Å². The summed E-state index contributed by atoms with van der Waals surface area (Å²) in [6.45, 7) is 9.42. The van der Waals surface area contributed by atoms with Crippen molar-refractivity contribution in [1.82, 2.24) is 0 Å². The Kier molecular flexibility index (Phi) is 1.98. The Bertz CT molecular complexity index is 321. The lowest BCUT2D eigenvalue weighted by Crippen LogP contribution is -2.54. The molecule has 3 aliphatic carbocycles. The van der Waals surface area contributed by atoms with Gasteiger partial charge in [-0.05, 0) is 60.2 Å². The van der Waals surface area contributed by atoms with Gasteiger partial charge in [0.05, 0.1) is 6.10 Å². The summed E-state index contributed by atoms with van der Waals surface area (Å²) in [5.74, 6) is 1.65. The van der Waals surface area contributed by atoms with Crippen LogP contribution >= 0.6 is 0 Å². The highest BCUT2D eigenvalue weighted by molar-refractivity contribution is 5.16. The lowest BCUT2D eigenvalue weighted by molar-refractivity contribution is -0.138. The largest absolute Gasteiger partial charge is 0.392 e. The normalized spacial score (nSPS) is 58.7. The molecule has 0 saturated heterocycles. The van der Waals surface area contributed by atoms with Gasteiger partial charge in [-0.3, -0.25) is 0 Å². The standard InChI is InChI=1S/C15H26O/c1-10-5-6-11-13(2,3)12(16)14(4)7-8-15(10,11)9-14/h10-12,16H,5-9H2,1-4H3/t10-,11?,12+,14-,15+/m1/s1. The van der Waals surface area contributed by atoms with Gasteiger partial charge < -0.3 is 5.11 Å². The first-order valence-corrected chi connectivity index (χ1v) is 7.01. The first-order chi connectivity index (χ1) is 7.33. The lowest BCUT2D eigenvalue weighted by atomic mass is 9.51. The molecule has 0 aliphatic heterocycles. The predicted molar refractivity (Wildman–Crippen MR) is 66.1 cm³/mol. The molecular formula is C15H26O. The van der Waals surface area contributed by atoms with Crippen molar-refractivity contribution in [3.8, 4) is 0 Å². The van der Waals surface area contributed by atoms with Gasteiger partial charge in [-0.15, -0.1) is 0 Å². The maximum Gasteiger partial charge on any atom is 0.0647 e. The van der Waals surface area contributed by atoms with Crippen LogP contribution in [0.1, 0.15) is 59.8 Å². The number of hydrogen-bond donors (Lipinski definition) is 1. The summed E-state index contributed by atoms with van der Waals surface area (Å²) >= 11 is 0. The average molecular weight is 222 g/mol. The van der Waals surface area contributed by atoms with E-state index in [1.165, 1.54) is 32.1 Å². The lowest BCUT2D eigenvalue weighted by Gasteiger charge is -2.55. The summed E-state index contributed by atoms with van der Waals surface area (Å²) in [4.78, 5) is 0. The smallest absolute Gasteiger partial charge is 0.0647 e. The van der Waals surface area contributed by atoms with Gasteiger partial charge in [-0.25, -0.2) is 0 Å². The Labute approximate surface area is 99.6 Å². The van der Waals surface area contributed by atoms with E-state index in [0.717, 1.165) is 11.8 Å². The fourth-order valence-corrected chi connectivity index (χ4v) is 5.93. The zero-order chi connectivity index (χ0) is 11.8. The van der Waals surface area contributed by atoms with Gasteiger partial charge in [0.15, 0.2) is 0 Å². The Morgan fingerprint density at radius 3 is 2.44 bits per heavy atom. The molecule has 1 unspecified atom stereocenters. The van der Waals surface area contributed by atoms with Crippen LogP contribution in [0.25, 0.3) is 0 Å². The Morgan fingerprint density at radius 1 is 1.06 bits per heavy atom. The Balaban J connectivity index is 2.10. The van der Waals surface area contributed by atoms with Crippen molar-refractivity contribution in [2.45, 2.75) is 65.9 Å². The van der Waals surface area contributed by atoms with E-state index in [2.05, 4.69) is 27.7 Å². The first kappa shape index (κ1) is 11.1. The molecule has 1 heteroatoms. The molecule has 3 rings (SSSR count). The fraction of sp³-hybridized carbons (Fsp3) is 1.00. The second kappa shape index (κ2) is 2.85. The average Bonchev–Trinajstić information content (AvgIpc) is 2.69. The zero-order valence-electron chi connectivity index (χ0n) is 11.2. The van der Waals surface area contributed by atoms with Gasteiger partial charge in [-0.1, -0.05) is 27.7 Å². The second-order valence-electron chi connectivity index (χ2n) is 7.82. The monoisotopic (exact) mass is 222 g/mol. The number of rotatable bonds is 0. The molecule has 1 nitrogen and oxygen atoms in total. The third kappa shape index (κ3) is 1.02. The van der Waals surface area contributed by atoms with Gasteiger partial charge in [0.25, 0.3) is 0 Å². The molecule has 2 bridgehead atoms. The summed E-state index contributed by atoms with van der Waals surface area (Å²) < 4.78 is 0. The predicted octanol–water partition coefficient (Wildman–Crippen LogP) is 3.61. The molecule has 5 atom stereocenters. The van der Waals surface area contributed by atoms with E-state index < -0.39 is 0 Å². The van der Waals surface area contributed by atoms with Gasteiger partial charge in [-0.2, -0.15) is 0 Å². The summed E-state index contributed by atoms with van der Waals surface area (Å²) in [5, 5.41) is 10.7. The van der Waals surface area contributed by atoms with Crippen LogP contribution in [0.3, 0.4) is 0 Å². The summed E-state index contributed by atoms with van der Waals surface area (Å²) in [6.07, 6.45) is 6.55. The van der Waals surface area contributed by atoms with Crippen molar-refractivity contribution < 1.29 is 5.11 Å². The molecule has 0 aromatic rings. The minimum atomic E-state index is -0.0917. The maximum atomic E-state index is 10.7. The highest BCUT2D eigenvalue weighted by Gasteiger charge is 2.67. The topological polar surface area (TPSA) is 20.2 Å². The van der Waals surface area contributed by atoms with Crippen molar-refractivity contribution >= 4 is 0 Å². The van der Waals surface area contributed by atoms with Crippen molar-refractivity contribution in [3.63, 3.8) is 0 Å². The number of hydrogen-bond acceptors (Lipinski definition) is 1. The molecule has 3 fully saturated rings. The van der Waals surface area contributed by atoms with Crippen LogP contribution in [0, 0.1) is 28.1 Å². The highest BCUT2D eigenvalue weighted by Crippen LogP contribution is 2.72. The van der Waals surface area contributed by atoms with Crippen molar-refractivity contribution in [3.05, 3.63) is 0 Å². The minimum absolute atomic E-state index is 0.0917. The van der Waals surface area contributed by atoms with Gasteiger partial charge in [0.2, 0.25) is 0 Å². The van der Waals surface area contributed by atoms with Crippen LogP contribution in [0.2, 0.25) is 0 Å². The fourth-order valence-electron chi connectivity index (χ4n) is 5.93. The second-order valence-corrected chi connectivity index (χ2v) is 7.82. The molecule has 92 valence electrons. The summed E-state index contributed by atoms with van der Waals surface area (Å²) in [7, 11) is 0. The number of aliphatic hydroxyl groups is 1. The third-order valence-corrected chi connectivity index (χ3v) is 6.72. The molecule has 0 radical (unpaired) electrons. The van der Waals surface area contributed by atoms with Crippen molar-refractivity contribution in [2.75, 3.05) is 0 Å². The van der Waals surface area contributed by atoms with E-state index >= 15 is 0 Å². The molecule has 1 spiro atoms. The zero-order valence-corrected chi connectivity index (χ0v) is 11.2. The first-order valence-electron chi connectivity index (χ1n) is 7.01. The van der Waals surface area contributed by atoms with Gasteiger partial charge in [0.1, 0.15) is 0 Å². The summed E-state index contributed by atoms with van der Waals surface area (Å²) in [6, 6.07) is 0.